The number of thioether (sulfide) groups is 1. The maximum Gasteiger partial charge on any atom is 0.229 e. The van der Waals surface area contributed by atoms with Crippen molar-refractivity contribution in [1.29, 1.82) is 0 Å². The number of carbonyl (C=O) groups is 2. The average Bonchev–Trinajstić information content (AvgIpc) is 3.42. The van der Waals surface area contributed by atoms with E-state index < -0.39 is 11.6 Å². The lowest BCUT2D eigenvalue weighted by molar-refractivity contribution is -0.117. The third-order valence-corrected chi connectivity index (χ3v) is 6.53. The molecular weight excluding hydrogens is 416 g/mol. The lowest BCUT2D eigenvalue weighted by atomic mass is 10.1. The summed E-state index contributed by atoms with van der Waals surface area (Å²) in [5, 5.41) is 11.0. The fourth-order valence-electron chi connectivity index (χ4n) is 2.95. The Bertz CT molecular complexity index is 1060. The van der Waals surface area contributed by atoms with Crippen LogP contribution in [0.5, 0.6) is 0 Å². The van der Waals surface area contributed by atoms with E-state index in [-0.39, 0.29) is 34.8 Å². The van der Waals surface area contributed by atoms with Crippen molar-refractivity contribution in [3.63, 3.8) is 0 Å². The molecule has 5 nitrogen and oxygen atoms in total. The van der Waals surface area contributed by atoms with Crippen LogP contribution in [0, 0.1) is 17.6 Å². The first kappa shape index (κ1) is 19.7. The van der Waals surface area contributed by atoms with Crippen molar-refractivity contribution in [2.24, 2.45) is 5.92 Å². The monoisotopic (exact) mass is 431 g/mol. The van der Waals surface area contributed by atoms with Gasteiger partial charge in [0.2, 0.25) is 11.0 Å². The lowest BCUT2D eigenvalue weighted by Gasteiger charge is -2.01. The van der Waals surface area contributed by atoms with Gasteiger partial charge in [-0.2, -0.15) is 0 Å². The number of hydrogen-bond acceptors (Lipinski definition) is 6. The van der Waals surface area contributed by atoms with E-state index in [0.29, 0.717) is 9.47 Å². The number of carbonyl (C=O) groups excluding carboxylic acids is 2. The van der Waals surface area contributed by atoms with E-state index in [1.165, 1.54) is 17.4 Å². The van der Waals surface area contributed by atoms with Gasteiger partial charge in [0.05, 0.1) is 5.75 Å². The summed E-state index contributed by atoms with van der Waals surface area (Å²) >= 11 is 2.30. The van der Waals surface area contributed by atoms with Gasteiger partial charge in [0.25, 0.3) is 0 Å². The summed E-state index contributed by atoms with van der Waals surface area (Å²) in [5.41, 5.74) is 1.24. The number of aromatic nitrogens is 2. The number of Topliss-reactive ketones (excluding diaryl/α,β-unsaturated/α-hetero) is 1. The second-order valence-electron chi connectivity index (χ2n) is 6.56. The first-order valence-electron chi connectivity index (χ1n) is 8.81. The van der Waals surface area contributed by atoms with Crippen LogP contribution in [0.3, 0.4) is 0 Å². The predicted octanol–water partition coefficient (Wildman–Crippen LogP) is 4.53. The molecule has 1 heterocycles. The number of benzene rings is 2. The van der Waals surface area contributed by atoms with Crippen LogP contribution in [0.2, 0.25) is 0 Å². The summed E-state index contributed by atoms with van der Waals surface area (Å²) < 4.78 is 26.7. The number of anilines is 1. The topological polar surface area (TPSA) is 72.0 Å². The Morgan fingerprint density at radius 3 is 2.66 bits per heavy atom. The minimum Gasteiger partial charge on any atom is -0.300 e. The van der Waals surface area contributed by atoms with Crippen LogP contribution in [-0.2, 0) is 4.79 Å². The molecule has 1 aromatic heterocycles. The molecule has 1 unspecified atom stereocenters. The van der Waals surface area contributed by atoms with Crippen LogP contribution in [0.25, 0.3) is 0 Å². The summed E-state index contributed by atoms with van der Waals surface area (Å²) in [5.74, 6) is -2.34. The van der Waals surface area contributed by atoms with Crippen LogP contribution in [-0.4, -0.2) is 27.6 Å². The SMILES string of the molecule is O=C(CSc1nnc(NC(=O)C2C[C@H]2c2ccccc2)s1)c1ccc(F)c(F)c1. The molecule has 148 valence electrons. The van der Waals surface area contributed by atoms with Crippen molar-refractivity contribution < 1.29 is 18.4 Å². The normalized spacial score (nSPS) is 17.7. The van der Waals surface area contributed by atoms with Crippen LogP contribution >= 0.6 is 23.1 Å². The third kappa shape index (κ3) is 4.68. The first-order valence-corrected chi connectivity index (χ1v) is 10.6. The molecule has 1 saturated carbocycles. The van der Waals surface area contributed by atoms with E-state index in [1.807, 2.05) is 30.3 Å². The molecule has 0 bridgehead atoms. The molecule has 0 saturated heterocycles. The molecule has 0 aliphatic heterocycles. The Morgan fingerprint density at radius 2 is 1.90 bits per heavy atom. The number of nitrogens with zero attached hydrogens (tertiary/aromatic N) is 2. The van der Waals surface area contributed by atoms with Gasteiger partial charge in [-0.15, -0.1) is 10.2 Å². The molecule has 29 heavy (non-hydrogen) atoms. The third-order valence-electron chi connectivity index (χ3n) is 4.56. The van der Waals surface area contributed by atoms with E-state index >= 15 is 0 Å². The van der Waals surface area contributed by atoms with Crippen molar-refractivity contribution in [2.45, 2.75) is 16.7 Å². The summed E-state index contributed by atoms with van der Waals surface area (Å²) in [6.07, 6.45) is 0.805. The summed E-state index contributed by atoms with van der Waals surface area (Å²) in [4.78, 5) is 24.5. The zero-order valence-electron chi connectivity index (χ0n) is 15.0. The molecule has 1 aliphatic carbocycles. The van der Waals surface area contributed by atoms with Crippen LogP contribution in [0.1, 0.15) is 28.3 Å². The molecule has 3 aromatic rings. The maximum atomic E-state index is 13.2. The van der Waals surface area contributed by atoms with Crippen molar-refractivity contribution in [3.05, 3.63) is 71.3 Å². The van der Waals surface area contributed by atoms with Gasteiger partial charge in [-0.25, -0.2) is 8.78 Å². The molecule has 2 aromatic carbocycles. The largest absolute Gasteiger partial charge is 0.300 e. The second-order valence-corrected chi connectivity index (χ2v) is 8.76. The highest BCUT2D eigenvalue weighted by molar-refractivity contribution is 8.01. The average molecular weight is 431 g/mol. The van der Waals surface area contributed by atoms with Gasteiger partial charge >= 0.3 is 0 Å². The van der Waals surface area contributed by atoms with Gasteiger partial charge in [-0.05, 0) is 36.1 Å². The number of amides is 1. The van der Waals surface area contributed by atoms with E-state index in [4.69, 9.17) is 0 Å². The highest BCUT2D eigenvalue weighted by Gasteiger charge is 2.44. The lowest BCUT2D eigenvalue weighted by Crippen LogP contribution is -2.14. The van der Waals surface area contributed by atoms with Crippen LogP contribution in [0.4, 0.5) is 13.9 Å². The summed E-state index contributed by atoms with van der Waals surface area (Å²) in [6.45, 7) is 0. The zero-order chi connectivity index (χ0) is 20.4. The fourth-order valence-corrected chi connectivity index (χ4v) is 4.60. The molecule has 2 atom stereocenters. The minimum atomic E-state index is -1.06. The Hall–Kier alpha value is -2.65. The molecular formula is C20H15F2N3O2S2. The minimum absolute atomic E-state index is 0.00631. The van der Waals surface area contributed by atoms with Crippen molar-refractivity contribution in [1.82, 2.24) is 10.2 Å². The number of hydrogen-bond donors (Lipinski definition) is 1. The molecule has 9 heteroatoms. The molecule has 4 rings (SSSR count). The fraction of sp³-hybridized carbons (Fsp3) is 0.200. The standard InChI is InChI=1S/C20H15F2N3O2S2/c21-15-7-6-12(8-16(15)22)17(26)10-28-20-25-24-19(29-20)23-18(27)14-9-13(14)11-4-2-1-3-5-11/h1-8,13-14H,9-10H2,(H,23,24,27)/t13-,14?/m0/s1. The Morgan fingerprint density at radius 1 is 1.10 bits per heavy atom. The highest BCUT2D eigenvalue weighted by Crippen LogP contribution is 2.48. The summed E-state index contributed by atoms with van der Waals surface area (Å²) in [7, 11) is 0. The molecule has 1 amide bonds. The van der Waals surface area contributed by atoms with Crippen molar-refractivity contribution in [3.8, 4) is 0 Å². The molecule has 0 spiro atoms. The number of ketones is 1. The number of nitrogens with one attached hydrogen (secondary N) is 1. The smallest absolute Gasteiger partial charge is 0.229 e. The Kier molecular flexibility index (Phi) is 5.68. The first-order chi connectivity index (χ1) is 14.0. The molecule has 0 radical (unpaired) electrons. The Balaban J connectivity index is 1.29. The number of halogens is 2. The zero-order valence-corrected chi connectivity index (χ0v) is 16.6. The molecule has 1 N–H and O–H groups in total. The van der Waals surface area contributed by atoms with Crippen molar-refractivity contribution in [2.75, 3.05) is 11.1 Å². The molecule has 1 fully saturated rings. The maximum absolute atomic E-state index is 13.2. The summed E-state index contributed by atoms with van der Waals surface area (Å²) in [6, 6.07) is 12.9. The van der Waals surface area contributed by atoms with Gasteiger partial charge in [0.1, 0.15) is 0 Å². The number of rotatable bonds is 7. The van der Waals surface area contributed by atoms with Gasteiger partial charge in [0.15, 0.2) is 21.8 Å². The van der Waals surface area contributed by atoms with E-state index in [0.717, 1.165) is 35.9 Å². The van der Waals surface area contributed by atoms with E-state index in [2.05, 4.69) is 15.5 Å². The van der Waals surface area contributed by atoms with Gasteiger partial charge in [0, 0.05) is 11.5 Å². The second kappa shape index (κ2) is 8.38. The molecule has 1 aliphatic rings. The quantitative estimate of drug-likeness (QED) is 0.338. The van der Waals surface area contributed by atoms with E-state index in [9.17, 15) is 18.4 Å². The van der Waals surface area contributed by atoms with Gasteiger partial charge in [-0.1, -0.05) is 53.4 Å². The highest BCUT2D eigenvalue weighted by atomic mass is 32.2. The van der Waals surface area contributed by atoms with Crippen molar-refractivity contribution >= 4 is 39.9 Å². The van der Waals surface area contributed by atoms with Gasteiger partial charge < -0.3 is 5.32 Å². The van der Waals surface area contributed by atoms with Crippen LogP contribution in [0.15, 0.2) is 52.9 Å². The predicted molar refractivity (Wildman–Crippen MR) is 107 cm³/mol. The van der Waals surface area contributed by atoms with Crippen LogP contribution < -0.4 is 5.32 Å². The Labute approximate surface area is 173 Å². The van der Waals surface area contributed by atoms with E-state index in [1.54, 1.807) is 0 Å². The van der Waals surface area contributed by atoms with Gasteiger partial charge in [-0.3, -0.25) is 9.59 Å².